The van der Waals surface area contributed by atoms with E-state index < -0.39 is 0 Å². The van der Waals surface area contributed by atoms with Crippen molar-refractivity contribution in [1.29, 1.82) is 0 Å². The fraction of sp³-hybridized carbons (Fsp3) is 0.0588. The molecule has 0 atom stereocenters. The molecule has 3 nitrogen and oxygen atoms in total. The summed E-state index contributed by atoms with van der Waals surface area (Å²) in [7, 11) is 0. The number of carbonyl (C=O) groups is 1. The van der Waals surface area contributed by atoms with E-state index in [1.165, 1.54) is 11.8 Å². The second-order valence-corrected chi connectivity index (χ2v) is 6.21. The number of hydrogen-bond donors (Lipinski definition) is 1. The third kappa shape index (κ3) is 3.24. The number of nitrogens with one attached hydrogen (secondary N) is 1. The third-order valence-corrected chi connectivity index (χ3v) is 4.53. The van der Waals surface area contributed by atoms with E-state index in [9.17, 15) is 4.79 Å². The first-order chi connectivity index (χ1) is 10.6. The average molecular weight is 329 g/mol. The Hall–Kier alpha value is -2.04. The van der Waals surface area contributed by atoms with Crippen molar-refractivity contribution in [3.05, 3.63) is 69.6 Å². The molecule has 0 radical (unpaired) electrons. The first-order valence-electron chi connectivity index (χ1n) is 6.73. The molecule has 1 saturated heterocycles. The number of carbonyl (C=O) groups excluding carboxylic acids is 1. The van der Waals surface area contributed by atoms with Crippen molar-refractivity contribution in [1.82, 2.24) is 5.32 Å². The number of halogens is 1. The number of aliphatic imine (C=N–C) groups is 1. The Labute approximate surface area is 138 Å². The van der Waals surface area contributed by atoms with Crippen LogP contribution in [-0.4, -0.2) is 11.1 Å². The molecule has 110 valence electrons. The number of rotatable bonds is 2. The highest BCUT2D eigenvalue weighted by molar-refractivity contribution is 8.18. The number of amidine groups is 1. The Balaban J connectivity index is 1.87. The molecule has 0 bridgehead atoms. The minimum absolute atomic E-state index is 0.132. The molecule has 2 aromatic rings. The zero-order chi connectivity index (χ0) is 15.5. The van der Waals surface area contributed by atoms with Crippen LogP contribution in [0, 0.1) is 6.92 Å². The normalized spacial score (nSPS) is 18.0. The summed E-state index contributed by atoms with van der Waals surface area (Å²) < 4.78 is 0. The van der Waals surface area contributed by atoms with Crippen LogP contribution in [0.1, 0.15) is 11.1 Å². The topological polar surface area (TPSA) is 41.5 Å². The summed E-state index contributed by atoms with van der Waals surface area (Å²) in [6.07, 6.45) is 1.85. The van der Waals surface area contributed by atoms with Crippen molar-refractivity contribution in [3.63, 3.8) is 0 Å². The minimum atomic E-state index is -0.132. The number of hydrogen-bond acceptors (Lipinski definition) is 3. The molecular weight excluding hydrogens is 316 g/mol. The molecule has 1 aliphatic rings. The molecule has 22 heavy (non-hydrogen) atoms. The first-order valence-corrected chi connectivity index (χ1v) is 7.93. The van der Waals surface area contributed by atoms with E-state index in [2.05, 4.69) is 10.3 Å². The third-order valence-electron chi connectivity index (χ3n) is 3.21. The van der Waals surface area contributed by atoms with Gasteiger partial charge >= 0.3 is 0 Å². The summed E-state index contributed by atoms with van der Waals surface area (Å²) in [5.41, 5.74) is 2.64. The molecule has 0 unspecified atom stereocenters. The molecule has 0 spiro atoms. The largest absolute Gasteiger partial charge is 0.300 e. The van der Waals surface area contributed by atoms with Gasteiger partial charge in [0, 0.05) is 5.02 Å². The highest BCUT2D eigenvalue weighted by atomic mass is 35.5. The van der Waals surface area contributed by atoms with Gasteiger partial charge in [-0.25, -0.2) is 4.99 Å². The van der Waals surface area contributed by atoms with Crippen LogP contribution in [0.4, 0.5) is 5.69 Å². The Bertz CT molecular complexity index is 785. The van der Waals surface area contributed by atoms with Crippen LogP contribution >= 0.6 is 23.4 Å². The SMILES string of the molecule is Cc1c(Cl)cccc1N=C1NC(=O)/C(=C/c2ccccc2)S1. The zero-order valence-electron chi connectivity index (χ0n) is 11.8. The van der Waals surface area contributed by atoms with Crippen LogP contribution in [-0.2, 0) is 4.79 Å². The lowest BCUT2D eigenvalue weighted by Gasteiger charge is -2.02. The van der Waals surface area contributed by atoms with E-state index in [4.69, 9.17) is 11.6 Å². The first kappa shape index (κ1) is 14.9. The van der Waals surface area contributed by atoms with Crippen LogP contribution in [0.25, 0.3) is 6.08 Å². The van der Waals surface area contributed by atoms with Gasteiger partial charge in [-0.15, -0.1) is 0 Å². The smallest absolute Gasteiger partial charge is 0.264 e. The summed E-state index contributed by atoms with van der Waals surface area (Å²) in [5, 5.41) is 4.01. The number of amides is 1. The second-order valence-electron chi connectivity index (χ2n) is 4.78. The average Bonchev–Trinajstić information content (AvgIpc) is 2.85. The molecule has 0 aliphatic carbocycles. The predicted molar refractivity (Wildman–Crippen MR) is 93.4 cm³/mol. The van der Waals surface area contributed by atoms with Crippen LogP contribution in [0.2, 0.25) is 5.02 Å². The van der Waals surface area contributed by atoms with Crippen molar-refractivity contribution in [2.75, 3.05) is 0 Å². The van der Waals surface area contributed by atoms with E-state index in [1.54, 1.807) is 0 Å². The van der Waals surface area contributed by atoms with Gasteiger partial charge in [-0.2, -0.15) is 0 Å². The minimum Gasteiger partial charge on any atom is -0.300 e. The summed E-state index contributed by atoms with van der Waals surface area (Å²) in [6.45, 7) is 1.91. The molecule has 1 amide bonds. The Morgan fingerprint density at radius 2 is 1.91 bits per heavy atom. The van der Waals surface area contributed by atoms with Crippen LogP contribution in [0.15, 0.2) is 58.4 Å². The molecule has 0 saturated carbocycles. The van der Waals surface area contributed by atoms with Gasteiger partial charge < -0.3 is 5.32 Å². The van der Waals surface area contributed by atoms with Gasteiger partial charge in [0.15, 0.2) is 5.17 Å². The van der Waals surface area contributed by atoms with Crippen molar-refractivity contribution in [3.8, 4) is 0 Å². The summed E-state index contributed by atoms with van der Waals surface area (Å²) >= 11 is 7.42. The lowest BCUT2D eigenvalue weighted by atomic mass is 10.2. The van der Waals surface area contributed by atoms with Crippen LogP contribution in [0.5, 0.6) is 0 Å². The van der Waals surface area contributed by atoms with Crippen molar-refractivity contribution < 1.29 is 4.79 Å². The molecule has 2 aromatic carbocycles. The predicted octanol–water partition coefficient (Wildman–Crippen LogP) is 4.54. The fourth-order valence-electron chi connectivity index (χ4n) is 2.01. The van der Waals surface area contributed by atoms with E-state index in [0.717, 1.165) is 16.8 Å². The molecule has 1 N–H and O–H groups in total. The number of thioether (sulfide) groups is 1. The molecule has 1 aliphatic heterocycles. The Morgan fingerprint density at radius 1 is 1.14 bits per heavy atom. The van der Waals surface area contributed by atoms with Gasteiger partial charge in [0.05, 0.1) is 10.6 Å². The molecule has 3 rings (SSSR count). The second kappa shape index (κ2) is 6.38. The maximum Gasteiger partial charge on any atom is 0.264 e. The van der Waals surface area contributed by atoms with E-state index in [0.29, 0.717) is 15.1 Å². The standard InChI is InChI=1S/C17H13ClN2OS/c1-11-13(18)8-5-9-14(11)19-17-20-16(21)15(22-17)10-12-6-3-2-4-7-12/h2-10H,1H3,(H,19,20,21)/b15-10-. The van der Waals surface area contributed by atoms with Gasteiger partial charge in [-0.1, -0.05) is 48.0 Å². The maximum absolute atomic E-state index is 12.0. The van der Waals surface area contributed by atoms with Crippen LogP contribution in [0.3, 0.4) is 0 Å². The summed E-state index contributed by atoms with van der Waals surface area (Å²) in [6, 6.07) is 15.3. The van der Waals surface area contributed by atoms with Gasteiger partial charge in [0.1, 0.15) is 0 Å². The molecule has 5 heteroatoms. The number of nitrogens with zero attached hydrogens (tertiary/aromatic N) is 1. The Kier molecular flexibility index (Phi) is 4.32. The van der Waals surface area contributed by atoms with Gasteiger partial charge in [0.25, 0.3) is 5.91 Å². The number of benzene rings is 2. The summed E-state index contributed by atoms with van der Waals surface area (Å²) in [5.74, 6) is -0.132. The Morgan fingerprint density at radius 3 is 2.68 bits per heavy atom. The molecule has 1 heterocycles. The van der Waals surface area contributed by atoms with Crippen molar-refractivity contribution in [2.24, 2.45) is 4.99 Å². The highest BCUT2D eigenvalue weighted by Gasteiger charge is 2.23. The quantitative estimate of drug-likeness (QED) is 0.822. The molecular formula is C17H13ClN2OS. The van der Waals surface area contributed by atoms with E-state index >= 15 is 0 Å². The van der Waals surface area contributed by atoms with Gasteiger partial charge in [0.2, 0.25) is 0 Å². The van der Waals surface area contributed by atoms with Gasteiger partial charge in [-0.3, -0.25) is 4.79 Å². The van der Waals surface area contributed by atoms with Crippen LogP contribution < -0.4 is 5.32 Å². The van der Waals surface area contributed by atoms with E-state index in [-0.39, 0.29) is 5.91 Å². The molecule has 1 fully saturated rings. The van der Waals surface area contributed by atoms with Crippen molar-refractivity contribution in [2.45, 2.75) is 6.92 Å². The fourth-order valence-corrected chi connectivity index (χ4v) is 3.01. The van der Waals surface area contributed by atoms with Crippen molar-refractivity contribution >= 4 is 46.2 Å². The zero-order valence-corrected chi connectivity index (χ0v) is 13.4. The highest BCUT2D eigenvalue weighted by Crippen LogP contribution is 2.30. The summed E-state index contributed by atoms with van der Waals surface area (Å²) in [4.78, 5) is 17.1. The monoisotopic (exact) mass is 328 g/mol. The lowest BCUT2D eigenvalue weighted by molar-refractivity contribution is -0.115. The lowest BCUT2D eigenvalue weighted by Crippen LogP contribution is -2.19. The van der Waals surface area contributed by atoms with E-state index in [1.807, 2.05) is 61.5 Å². The molecule has 0 aromatic heterocycles. The maximum atomic E-state index is 12.0. The van der Waals surface area contributed by atoms with Gasteiger partial charge in [-0.05, 0) is 48.0 Å².